The van der Waals surface area contributed by atoms with Crippen LogP contribution >= 0.6 is 11.6 Å². The lowest BCUT2D eigenvalue weighted by Crippen LogP contribution is -2.08. The van der Waals surface area contributed by atoms with E-state index in [-0.39, 0.29) is 0 Å². The minimum absolute atomic E-state index is 0.394. The molecule has 0 aromatic heterocycles. The van der Waals surface area contributed by atoms with Gasteiger partial charge < -0.3 is 5.11 Å². The Balaban J connectivity index is 2.33. The second kappa shape index (κ2) is 5.81. The highest BCUT2D eigenvalue weighted by atomic mass is 35.5. The third-order valence-corrected chi connectivity index (χ3v) is 3.15. The molecule has 0 radical (unpaired) electrons. The molecule has 6 heteroatoms. The van der Waals surface area contributed by atoms with Crippen LogP contribution in [0, 0.1) is 23.3 Å². The Hall–Kier alpha value is -1.59. The summed E-state index contributed by atoms with van der Waals surface area (Å²) in [6, 6.07) is 4.62. The number of aliphatic hydroxyl groups excluding tert-OH is 1. The number of hydrogen-bond donors (Lipinski definition) is 1. The van der Waals surface area contributed by atoms with Crippen LogP contribution in [0.3, 0.4) is 0 Å². The van der Waals surface area contributed by atoms with Crippen molar-refractivity contribution in [3.8, 4) is 0 Å². The molecule has 2 aromatic carbocycles. The van der Waals surface area contributed by atoms with Gasteiger partial charge in [0.1, 0.15) is 23.3 Å². The third kappa shape index (κ3) is 2.94. The highest BCUT2D eigenvalue weighted by Crippen LogP contribution is 2.27. The van der Waals surface area contributed by atoms with Crippen LogP contribution in [-0.4, -0.2) is 5.11 Å². The smallest absolute Gasteiger partial charge is 0.142 e. The maximum Gasteiger partial charge on any atom is 0.142 e. The monoisotopic (exact) mass is 304 g/mol. The minimum Gasteiger partial charge on any atom is -0.388 e. The van der Waals surface area contributed by atoms with Gasteiger partial charge in [-0.2, -0.15) is 0 Å². The van der Waals surface area contributed by atoms with Gasteiger partial charge in [-0.15, -0.1) is 0 Å². The summed E-state index contributed by atoms with van der Waals surface area (Å²) in [4.78, 5) is 0. The van der Waals surface area contributed by atoms with Crippen molar-refractivity contribution >= 4 is 11.6 Å². The van der Waals surface area contributed by atoms with Crippen LogP contribution in [0.2, 0.25) is 5.02 Å². The van der Waals surface area contributed by atoms with Gasteiger partial charge in [0.25, 0.3) is 0 Å². The van der Waals surface area contributed by atoms with E-state index >= 15 is 0 Å². The van der Waals surface area contributed by atoms with Crippen molar-refractivity contribution in [2.75, 3.05) is 0 Å². The summed E-state index contributed by atoms with van der Waals surface area (Å²) in [7, 11) is 0. The molecule has 1 atom stereocenters. The largest absolute Gasteiger partial charge is 0.388 e. The van der Waals surface area contributed by atoms with Gasteiger partial charge in [-0.3, -0.25) is 0 Å². The molecule has 2 aromatic rings. The molecular weight excluding hydrogens is 296 g/mol. The second-order valence-electron chi connectivity index (χ2n) is 4.21. The molecule has 0 saturated heterocycles. The van der Waals surface area contributed by atoms with E-state index in [1.165, 1.54) is 6.07 Å². The van der Waals surface area contributed by atoms with Gasteiger partial charge in [0, 0.05) is 17.5 Å². The Bertz CT molecular complexity index is 625. The summed E-state index contributed by atoms with van der Waals surface area (Å²) in [6.07, 6.45) is -2.11. The van der Waals surface area contributed by atoms with E-state index in [0.29, 0.717) is 12.1 Å². The van der Waals surface area contributed by atoms with Crippen molar-refractivity contribution in [1.82, 2.24) is 0 Å². The van der Waals surface area contributed by atoms with E-state index in [4.69, 9.17) is 11.6 Å². The van der Waals surface area contributed by atoms with Crippen LogP contribution in [0.25, 0.3) is 0 Å². The molecule has 0 bridgehead atoms. The van der Waals surface area contributed by atoms with Crippen molar-refractivity contribution in [2.45, 2.75) is 12.5 Å². The van der Waals surface area contributed by atoms with Crippen LogP contribution in [-0.2, 0) is 6.42 Å². The number of rotatable bonds is 3. The zero-order valence-corrected chi connectivity index (χ0v) is 10.8. The van der Waals surface area contributed by atoms with Crippen LogP contribution in [0.5, 0.6) is 0 Å². The first-order valence-corrected chi connectivity index (χ1v) is 6.03. The fraction of sp³-hybridized carbons (Fsp3) is 0.143. The summed E-state index contributed by atoms with van der Waals surface area (Å²) < 4.78 is 53.7. The summed E-state index contributed by atoms with van der Waals surface area (Å²) in [5, 5.41) is 9.40. The van der Waals surface area contributed by atoms with Gasteiger partial charge in [-0.25, -0.2) is 17.6 Å². The van der Waals surface area contributed by atoms with E-state index in [1.54, 1.807) is 0 Å². The lowest BCUT2D eigenvalue weighted by Gasteiger charge is -2.13. The standard InChI is InChI=1S/C14H9ClF4O/c15-9-6-12(18)8(4-13(9)19)14(20)5-7-10(16)2-1-3-11(7)17/h1-4,6,14,20H,5H2. The predicted molar refractivity (Wildman–Crippen MR) is 66.4 cm³/mol. The first kappa shape index (κ1) is 14.8. The predicted octanol–water partition coefficient (Wildman–Crippen LogP) is 4.17. The van der Waals surface area contributed by atoms with Crippen molar-refractivity contribution in [2.24, 2.45) is 0 Å². The highest BCUT2D eigenvalue weighted by Gasteiger charge is 2.20. The van der Waals surface area contributed by atoms with E-state index in [0.717, 1.165) is 12.1 Å². The molecule has 0 aliphatic carbocycles. The number of benzene rings is 2. The lowest BCUT2D eigenvalue weighted by molar-refractivity contribution is 0.170. The maximum absolute atomic E-state index is 13.6. The van der Waals surface area contributed by atoms with E-state index in [2.05, 4.69) is 0 Å². The molecular formula is C14H9ClF4O. The third-order valence-electron chi connectivity index (χ3n) is 2.86. The molecule has 1 nitrogen and oxygen atoms in total. The normalized spacial score (nSPS) is 12.5. The van der Waals surface area contributed by atoms with Crippen molar-refractivity contribution in [3.05, 3.63) is 69.8 Å². The van der Waals surface area contributed by atoms with Gasteiger partial charge in [0.05, 0.1) is 11.1 Å². The van der Waals surface area contributed by atoms with Gasteiger partial charge in [0.2, 0.25) is 0 Å². The van der Waals surface area contributed by atoms with Crippen LogP contribution in [0.1, 0.15) is 17.2 Å². The number of aliphatic hydroxyl groups is 1. The number of hydrogen-bond acceptors (Lipinski definition) is 1. The van der Waals surface area contributed by atoms with Gasteiger partial charge >= 0.3 is 0 Å². The molecule has 2 rings (SSSR count). The first-order chi connectivity index (χ1) is 9.40. The van der Waals surface area contributed by atoms with Crippen molar-refractivity contribution in [1.29, 1.82) is 0 Å². The highest BCUT2D eigenvalue weighted by molar-refractivity contribution is 6.30. The summed E-state index contributed by atoms with van der Waals surface area (Å²) in [5.41, 5.74) is -0.802. The van der Waals surface area contributed by atoms with E-state index in [1.807, 2.05) is 0 Å². The Morgan fingerprint density at radius 1 is 0.950 bits per heavy atom. The molecule has 0 spiro atoms. The molecule has 0 amide bonds. The zero-order chi connectivity index (χ0) is 14.9. The molecule has 0 aliphatic heterocycles. The SMILES string of the molecule is OC(Cc1c(F)cccc1F)c1cc(F)c(Cl)cc1F. The lowest BCUT2D eigenvalue weighted by atomic mass is 10.00. The Morgan fingerprint density at radius 2 is 1.55 bits per heavy atom. The first-order valence-electron chi connectivity index (χ1n) is 5.65. The quantitative estimate of drug-likeness (QED) is 0.666. The zero-order valence-electron chi connectivity index (χ0n) is 10.0. The second-order valence-corrected chi connectivity index (χ2v) is 4.62. The topological polar surface area (TPSA) is 20.2 Å². The molecule has 1 unspecified atom stereocenters. The summed E-state index contributed by atoms with van der Waals surface area (Å²) >= 11 is 5.38. The van der Waals surface area contributed by atoms with Gasteiger partial charge in [-0.1, -0.05) is 17.7 Å². The molecule has 106 valence electrons. The van der Waals surface area contributed by atoms with Crippen molar-refractivity contribution < 1.29 is 22.7 Å². The van der Waals surface area contributed by atoms with Gasteiger partial charge in [0.15, 0.2) is 0 Å². The molecule has 20 heavy (non-hydrogen) atoms. The average molecular weight is 305 g/mol. The molecule has 0 aliphatic rings. The number of halogens is 5. The molecule has 0 saturated carbocycles. The van der Waals surface area contributed by atoms with Crippen LogP contribution < -0.4 is 0 Å². The summed E-state index contributed by atoms with van der Waals surface area (Å²) in [5.74, 6) is -3.59. The summed E-state index contributed by atoms with van der Waals surface area (Å²) in [6.45, 7) is 0. The Kier molecular flexibility index (Phi) is 4.30. The van der Waals surface area contributed by atoms with Crippen LogP contribution in [0.4, 0.5) is 17.6 Å². The van der Waals surface area contributed by atoms with Crippen LogP contribution in [0.15, 0.2) is 30.3 Å². The molecule has 0 fully saturated rings. The average Bonchev–Trinajstić information content (AvgIpc) is 2.38. The fourth-order valence-electron chi connectivity index (χ4n) is 1.82. The molecule has 1 N–H and O–H groups in total. The van der Waals surface area contributed by atoms with Gasteiger partial charge in [-0.05, 0) is 24.3 Å². The van der Waals surface area contributed by atoms with E-state index in [9.17, 15) is 22.7 Å². The minimum atomic E-state index is -1.59. The fourth-order valence-corrected chi connectivity index (χ4v) is 1.97. The van der Waals surface area contributed by atoms with E-state index < -0.39 is 51.9 Å². The Morgan fingerprint density at radius 3 is 2.15 bits per heavy atom. The molecule has 0 heterocycles. The Labute approximate surface area is 117 Å². The van der Waals surface area contributed by atoms with Crippen molar-refractivity contribution in [3.63, 3.8) is 0 Å². The maximum atomic E-state index is 13.6.